The Morgan fingerprint density at radius 1 is 1.24 bits per heavy atom. The van der Waals surface area contributed by atoms with Crippen LogP contribution in [0.3, 0.4) is 0 Å². The first kappa shape index (κ1) is 12.0. The van der Waals surface area contributed by atoms with Crippen LogP contribution in [0.4, 0.5) is 13.2 Å². The Morgan fingerprint density at radius 3 is 2.59 bits per heavy atom. The normalized spacial score (nSPS) is 11.8. The highest BCUT2D eigenvalue weighted by atomic mass is 32.1. The van der Waals surface area contributed by atoms with Gasteiger partial charge in [0.15, 0.2) is 5.01 Å². The zero-order chi connectivity index (χ0) is 12.5. The first-order valence-corrected chi connectivity index (χ1v) is 5.50. The number of aromatic nitrogens is 2. The molecule has 0 bridgehead atoms. The van der Waals surface area contributed by atoms with Crippen LogP contribution in [0.25, 0.3) is 10.4 Å². The van der Waals surface area contributed by atoms with Crippen molar-refractivity contribution in [3.8, 4) is 10.4 Å². The molecule has 0 saturated carbocycles. The fraction of sp³-hybridized carbons (Fsp3) is 0.200. The molecule has 0 radical (unpaired) electrons. The van der Waals surface area contributed by atoms with Crippen LogP contribution in [0.1, 0.15) is 10.6 Å². The average Bonchev–Trinajstić information content (AvgIpc) is 2.78. The molecule has 2 aromatic heterocycles. The number of halogens is 3. The van der Waals surface area contributed by atoms with Crippen molar-refractivity contribution >= 4 is 11.3 Å². The van der Waals surface area contributed by atoms with Gasteiger partial charge in [0, 0.05) is 30.7 Å². The lowest BCUT2D eigenvalue weighted by atomic mass is 10.2. The van der Waals surface area contributed by atoms with Crippen LogP contribution in [0.15, 0.2) is 24.7 Å². The van der Waals surface area contributed by atoms with Gasteiger partial charge in [-0.15, -0.1) is 11.3 Å². The second-order valence-corrected chi connectivity index (χ2v) is 4.34. The monoisotopic (exact) mass is 259 g/mol. The summed E-state index contributed by atoms with van der Waals surface area (Å²) in [5.41, 5.74) is 6.81. The summed E-state index contributed by atoms with van der Waals surface area (Å²) in [7, 11) is 0. The van der Waals surface area contributed by atoms with E-state index in [1.54, 1.807) is 12.3 Å². The molecule has 0 aliphatic heterocycles. The van der Waals surface area contributed by atoms with E-state index in [-0.39, 0.29) is 0 Å². The van der Waals surface area contributed by atoms with Crippen LogP contribution in [0, 0.1) is 0 Å². The van der Waals surface area contributed by atoms with E-state index in [0.717, 1.165) is 5.56 Å². The molecule has 90 valence electrons. The van der Waals surface area contributed by atoms with Crippen molar-refractivity contribution in [2.24, 2.45) is 5.73 Å². The zero-order valence-corrected chi connectivity index (χ0v) is 9.35. The van der Waals surface area contributed by atoms with Crippen LogP contribution in [0.5, 0.6) is 0 Å². The molecule has 0 atom stereocenters. The van der Waals surface area contributed by atoms with E-state index in [4.69, 9.17) is 5.73 Å². The second-order valence-electron chi connectivity index (χ2n) is 3.31. The van der Waals surface area contributed by atoms with E-state index in [9.17, 15) is 13.2 Å². The fourth-order valence-corrected chi connectivity index (χ4v) is 2.04. The van der Waals surface area contributed by atoms with Crippen LogP contribution >= 0.6 is 11.3 Å². The Morgan fingerprint density at radius 2 is 2.00 bits per heavy atom. The van der Waals surface area contributed by atoms with E-state index < -0.39 is 11.2 Å². The molecule has 17 heavy (non-hydrogen) atoms. The van der Waals surface area contributed by atoms with Gasteiger partial charge in [0.25, 0.3) is 0 Å². The lowest BCUT2D eigenvalue weighted by Crippen LogP contribution is -2.02. The Labute approximate surface area is 99.1 Å². The third kappa shape index (κ3) is 2.62. The molecule has 0 unspecified atom stereocenters. The van der Waals surface area contributed by atoms with E-state index in [2.05, 4.69) is 9.97 Å². The molecule has 2 N–H and O–H groups in total. The number of alkyl halides is 3. The van der Waals surface area contributed by atoms with E-state index in [1.165, 1.54) is 12.4 Å². The van der Waals surface area contributed by atoms with Crippen molar-refractivity contribution in [1.82, 2.24) is 9.97 Å². The van der Waals surface area contributed by atoms with Gasteiger partial charge in [-0.2, -0.15) is 13.2 Å². The van der Waals surface area contributed by atoms with Crippen LogP contribution in [-0.4, -0.2) is 9.97 Å². The Balaban J connectivity index is 2.37. The maximum Gasteiger partial charge on any atom is 0.443 e. The van der Waals surface area contributed by atoms with Gasteiger partial charge < -0.3 is 5.73 Å². The standard InChI is InChI=1S/C10H8F3N3S/c11-10(12,13)9-16-5-8(17-9)7-1-6(2-14)3-15-4-7/h1,3-5H,2,14H2. The molecule has 0 aliphatic rings. The largest absolute Gasteiger partial charge is 0.443 e. The molecule has 0 spiro atoms. The molecule has 0 aliphatic carbocycles. The van der Waals surface area contributed by atoms with E-state index in [1.807, 2.05) is 0 Å². The second kappa shape index (κ2) is 4.42. The van der Waals surface area contributed by atoms with Gasteiger partial charge in [-0.3, -0.25) is 4.98 Å². The maximum absolute atomic E-state index is 12.4. The molecule has 0 amide bonds. The van der Waals surface area contributed by atoms with Crippen molar-refractivity contribution < 1.29 is 13.2 Å². The van der Waals surface area contributed by atoms with Gasteiger partial charge in [-0.25, -0.2) is 4.98 Å². The first-order valence-electron chi connectivity index (χ1n) is 4.68. The highest BCUT2D eigenvalue weighted by Crippen LogP contribution is 2.36. The summed E-state index contributed by atoms with van der Waals surface area (Å²) in [6.45, 7) is 0.297. The van der Waals surface area contributed by atoms with Gasteiger partial charge in [0.2, 0.25) is 0 Å². The third-order valence-corrected chi connectivity index (χ3v) is 3.15. The minimum Gasteiger partial charge on any atom is -0.326 e. The van der Waals surface area contributed by atoms with Gasteiger partial charge in [0.1, 0.15) is 0 Å². The van der Waals surface area contributed by atoms with E-state index in [0.29, 0.717) is 28.3 Å². The van der Waals surface area contributed by atoms with Gasteiger partial charge in [-0.1, -0.05) is 0 Å². The van der Waals surface area contributed by atoms with Crippen molar-refractivity contribution in [2.45, 2.75) is 12.7 Å². The molecule has 0 saturated heterocycles. The van der Waals surface area contributed by atoms with Crippen molar-refractivity contribution in [3.05, 3.63) is 35.2 Å². The summed E-state index contributed by atoms with van der Waals surface area (Å²) in [4.78, 5) is 7.71. The number of hydrogen-bond donors (Lipinski definition) is 1. The molecule has 0 fully saturated rings. The number of hydrogen-bond acceptors (Lipinski definition) is 4. The predicted octanol–water partition coefficient (Wildman–Crippen LogP) is 2.68. The molecule has 2 rings (SSSR count). The SMILES string of the molecule is NCc1cncc(-c2cnc(C(F)(F)F)s2)c1. The molecule has 3 nitrogen and oxygen atoms in total. The van der Waals surface area contributed by atoms with Crippen LogP contribution in [0.2, 0.25) is 0 Å². The minimum atomic E-state index is -4.40. The maximum atomic E-state index is 12.4. The van der Waals surface area contributed by atoms with Crippen LogP contribution < -0.4 is 5.73 Å². The summed E-state index contributed by atoms with van der Waals surface area (Å²) in [5.74, 6) is 0. The molecule has 2 aromatic rings. The minimum absolute atomic E-state index is 0.297. The quantitative estimate of drug-likeness (QED) is 0.902. The number of nitrogens with zero attached hydrogens (tertiary/aromatic N) is 2. The number of nitrogens with two attached hydrogens (primary N) is 1. The summed E-state index contributed by atoms with van der Waals surface area (Å²) < 4.78 is 37.1. The Kier molecular flexibility index (Phi) is 3.12. The van der Waals surface area contributed by atoms with Gasteiger partial charge >= 0.3 is 6.18 Å². The molecular weight excluding hydrogens is 251 g/mol. The first-order chi connectivity index (χ1) is 8.00. The zero-order valence-electron chi connectivity index (χ0n) is 8.53. The Bertz CT molecular complexity index is 522. The number of pyridine rings is 1. The average molecular weight is 259 g/mol. The van der Waals surface area contributed by atoms with Crippen molar-refractivity contribution in [2.75, 3.05) is 0 Å². The van der Waals surface area contributed by atoms with Crippen molar-refractivity contribution in [1.29, 1.82) is 0 Å². The van der Waals surface area contributed by atoms with Gasteiger partial charge in [0.05, 0.1) is 4.88 Å². The number of rotatable bonds is 2. The Hall–Kier alpha value is -1.47. The topological polar surface area (TPSA) is 51.8 Å². The smallest absolute Gasteiger partial charge is 0.326 e. The summed E-state index contributed by atoms with van der Waals surface area (Å²) >= 11 is 0.595. The third-order valence-electron chi connectivity index (χ3n) is 2.06. The van der Waals surface area contributed by atoms with Crippen LogP contribution in [-0.2, 0) is 12.7 Å². The summed E-state index contributed by atoms with van der Waals surface area (Å²) in [5, 5.41) is -0.856. The highest BCUT2D eigenvalue weighted by Gasteiger charge is 2.34. The van der Waals surface area contributed by atoms with Gasteiger partial charge in [-0.05, 0) is 11.6 Å². The number of thiazole rings is 1. The lowest BCUT2D eigenvalue weighted by molar-refractivity contribution is -0.137. The predicted molar refractivity (Wildman–Crippen MR) is 58.2 cm³/mol. The fourth-order valence-electron chi connectivity index (χ4n) is 1.27. The molecule has 0 aromatic carbocycles. The highest BCUT2D eigenvalue weighted by molar-refractivity contribution is 7.15. The molecule has 2 heterocycles. The van der Waals surface area contributed by atoms with Crippen molar-refractivity contribution in [3.63, 3.8) is 0 Å². The summed E-state index contributed by atoms with van der Waals surface area (Å²) in [6, 6.07) is 1.71. The molecular formula is C10H8F3N3S. The molecule has 7 heteroatoms. The lowest BCUT2D eigenvalue weighted by Gasteiger charge is -2.00. The summed E-state index contributed by atoms with van der Waals surface area (Å²) in [6.07, 6.45) is -0.130. The van der Waals surface area contributed by atoms with E-state index >= 15 is 0 Å².